The minimum atomic E-state index is -0.0584. The normalized spacial score (nSPS) is 15.6. The molecule has 50 heteroatoms. The van der Waals surface area contributed by atoms with Crippen LogP contribution in [0.2, 0.25) is 0 Å². The molecule has 604 valence electrons. The number of hydrogen-bond acceptors (Lipinski definition) is 14. The maximum absolute atomic E-state index is 11.2. The molecule has 5 aromatic carbocycles. The highest BCUT2D eigenvalue weighted by Crippen LogP contribution is 2.36. The van der Waals surface area contributed by atoms with Gasteiger partial charge in [0.05, 0.1) is 103 Å². The van der Waals surface area contributed by atoms with Gasteiger partial charge in [0.1, 0.15) is 17.2 Å². The fourth-order valence-corrected chi connectivity index (χ4v) is 10.2. The summed E-state index contributed by atoms with van der Waals surface area (Å²) in [7, 11) is 2.74. The van der Waals surface area contributed by atoms with E-state index < -0.39 is 0 Å². The average Bonchev–Trinajstić information content (AvgIpc) is 1.09. The van der Waals surface area contributed by atoms with E-state index in [1.165, 1.54) is 82.6 Å². The minimum absolute atomic E-state index is 0.0359. The molecule has 0 spiro atoms. The van der Waals surface area contributed by atoms with Crippen molar-refractivity contribution in [3.05, 3.63) is 147 Å². The van der Waals surface area contributed by atoms with Gasteiger partial charge in [-0.1, -0.05) is 104 Å². The number of nitrogens with zero attached hydrogens (tertiary/aromatic N) is 45. The van der Waals surface area contributed by atoms with Crippen molar-refractivity contribution in [2.45, 2.75) is 124 Å². The van der Waals surface area contributed by atoms with Gasteiger partial charge in [0.2, 0.25) is 0 Å². The zero-order valence-corrected chi connectivity index (χ0v) is 64.6. The second-order valence-electron chi connectivity index (χ2n) is 23.3. The summed E-state index contributed by atoms with van der Waals surface area (Å²) in [5.74, 6) is 1.10. The molecular formula is C69H73N45O5. The molecule has 0 saturated carbocycles. The third-order valence-corrected chi connectivity index (χ3v) is 15.1. The zero-order chi connectivity index (χ0) is 84.5. The molecule has 1 aliphatic carbocycles. The Kier molecular flexibility index (Phi) is 44.6. The largest absolute Gasteiger partial charge is 0.494 e. The van der Waals surface area contributed by atoms with Crippen molar-refractivity contribution in [3.63, 3.8) is 0 Å². The second-order valence-corrected chi connectivity index (χ2v) is 23.3. The minimum Gasteiger partial charge on any atom is -0.494 e. The zero-order valence-electron chi connectivity index (χ0n) is 64.6. The number of rotatable bonds is 44. The van der Waals surface area contributed by atoms with Crippen molar-refractivity contribution in [1.82, 2.24) is 0 Å². The van der Waals surface area contributed by atoms with Crippen LogP contribution in [-0.4, -0.2) is 33.9 Å². The summed E-state index contributed by atoms with van der Waals surface area (Å²) in [6, 6.07) is 36.3. The van der Waals surface area contributed by atoms with E-state index in [-0.39, 0.29) is 68.2 Å². The van der Waals surface area contributed by atoms with Gasteiger partial charge in [0.25, 0.3) is 0 Å². The van der Waals surface area contributed by atoms with Crippen LogP contribution >= 0.6 is 0 Å². The van der Waals surface area contributed by atoms with Crippen LogP contribution in [0.3, 0.4) is 0 Å². The summed E-state index contributed by atoms with van der Waals surface area (Å²) in [5, 5.41) is 185. The number of nitriles is 5. The molecule has 0 atom stereocenters. The lowest BCUT2D eigenvalue weighted by Gasteiger charge is -2.12. The number of benzene rings is 5. The van der Waals surface area contributed by atoms with Gasteiger partial charge in [-0.15, -0.1) is 0 Å². The third kappa shape index (κ3) is 37.9. The molecule has 0 amide bonds. The van der Waals surface area contributed by atoms with E-state index >= 15 is 0 Å². The second kappa shape index (κ2) is 58.2. The Bertz CT molecular complexity index is 5180. The van der Waals surface area contributed by atoms with Crippen LogP contribution in [-0.2, 0) is 0 Å². The first kappa shape index (κ1) is 91.1. The van der Waals surface area contributed by atoms with Gasteiger partial charge < -0.3 is 23.9 Å². The molecule has 0 radical (unpaired) electrons. The Morgan fingerprint density at radius 1 is 0.227 bits per heavy atom. The Balaban J connectivity index is 1.51. The van der Waals surface area contributed by atoms with Crippen LogP contribution in [0.4, 0.5) is 0 Å². The Hall–Kier alpha value is -16.7. The summed E-state index contributed by atoms with van der Waals surface area (Å²) in [6.07, 6.45) is 25.1. The summed E-state index contributed by atoms with van der Waals surface area (Å²) in [4.78, 5) is 11.4. The van der Waals surface area contributed by atoms with E-state index in [9.17, 15) is 26.3 Å². The van der Waals surface area contributed by atoms with Crippen LogP contribution in [0.25, 0.3) is 58.2 Å². The molecule has 6 rings (SSSR count). The van der Waals surface area contributed by atoms with E-state index in [0.717, 1.165) is 70.6 Å². The van der Waals surface area contributed by atoms with E-state index in [1.54, 1.807) is 85.8 Å². The topological polar surface area (TPSA) is 660 Å². The van der Waals surface area contributed by atoms with Crippen LogP contribution < -0.4 is 23.9 Å². The van der Waals surface area contributed by atoms with E-state index in [2.05, 4.69) is 253 Å². The summed E-state index contributed by atoms with van der Waals surface area (Å²) >= 11 is 0. The fraction of sp³-hybridized carbons (Fsp3) is 0.348. The maximum Gasteiger partial charge on any atom is 0.161 e. The molecule has 0 unspecified atom stereocenters. The lowest BCUT2D eigenvalue weighted by atomic mass is 9.96. The van der Waals surface area contributed by atoms with Crippen molar-refractivity contribution in [2.24, 2.45) is 209 Å². The summed E-state index contributed by atoms with van der Waals surface area (Å²) in [5.41, 5.74) is 4.07. The standard InChI is InChI=1S/C69H73N45O5/c1-6-9-11-13-15-17-19-21-23-116-66-36-51-26-56(41-66)60(45-70)30-50-25-55(40-65(35-50)115-8-3)62(47-72)33-53-28-59(44-68(38-53)118-113-111-109-107-105-103-101-99-97-95-93-91-89-87-85-83-81-79-77-75-4)64(49-74)34-54-29-58(43-69(39-54)119-114-112-110-108-106-104-102-100-98-96-94-92-90-88-86-84-82-80-78-76-5)63(48-73)32-52-27-57(61(31-51)46-71)42-67(37-52)117-24-22-20-18-16-14-12-10-7-2/h25-44H,6-24H2,1-5H3/b60-30+,61-31+,62-33+,63-32+,64-34+,77-75?,78-76?,81-79?,82-80?,85-83?,86-84?,89-87?,90-88?,93-91?,94-92?,97-95?,98-96?,101-99?,102-100?,105-103?,106-104?,109-107?,110-108?,113-111?,114-112?. The van der Waals surface area contributed by atoms with Crippen molar-refractivity contribution in [1.29, 1.82) is 26.3 Å². The van der Waals surface area contributed by atoms with Gasteiger partial charge in [-0.05, 0) is 280 Å². The number of unbranched alkanes of at least 4 members (excludes halogenated alkanes) is 14. The Morgan fingerprint density at radius 3 is 0.655 bits per heavy atom. The molecule has 10 bridgehead atoms. The maximum atomic E-state index is 11.2. The van der Waals surface area contributed by atoms with Crippen molar-refractivity contribution in [2.75, 3.05) is 33.9 Å². The third-order valence-electron chi connectivity index (χ3n) is 15.1. The highest BCUT2D eigenvalue weighted by Gasteiger charge is 2.17. The molecular weight excluding hydrogens is 1540 g/mol. The van der Waals surface area contributed by atoms with Crippen molar-refractivity contribution < 1.29 is 23.9 Å². The lowest BCUT2D eigenvalue weighted by Crippen LogP contribution is -1.99. The number of fused-ring (bicyclic) bond motifs is 10. The summed E-state index contributed by atoms with van der Waals surface area (Å²) in [6.45, 7) is 7.14. The lowest BCUT2D eigenvalue weighted by molar-refractivity contribution is 0.303. The molecule has 0 N–H and O–H groups in total. The molecule has 0 heterocycles. The average molecular weight is 1610 g/mol. The Morgan fingerprint density at radius 2 is 0.429 bits per heavy atom. The molecule has 5 aromatic rings. The quantitative estimate of drug-likeness (QED) is 0.0201. The molecule has 0 aromatic heterocycles. The first-order valence-electron chi connectivity index (χ1n) is 36.0. The van der Waals surface area contributed by atoms with E-state index in [4.69, 9.17) is 23.9 Å². The highest BCUT2D eigenvalue weighted by molar-refractivity contribution is 5.98. The smallest absolute Gasteiger partial charge is 0.161 e. The number of hydrogen-bond donors (Lipinski definition) is 0. The SMILES string of the molecule is CCCCCCCCCCOc1cc2cc(c1)/C(C#N)=C/c1cc(OCC)cc(c1)/C(C#N)=C/c1cc(ON=NN=NN=NN=NN=NN=NN=NN=NN=NN=NC)cc(c1)/C(C#N)=C/c1cc(ON=NN=NN=NN=NN=NN=NN=NN=NN=NN=NC)cc(c1)/C(C#N)=C/c1cc(OCCCCCCCCCC)cc(c1)/C(C#N)=C/2. The van der Waals surface area contributed by atoms with Crippen molar-refractivity contribution in [3.8, 4) is 59.1 Å². The van der Waals surface area contributed by atoms with Gasteiger partial charge in [0.15, 0.2) is 11.5 Å². The van der Waals surface area contributed by atoms with Crippen LogP contribution in [0, 0.1) is 56.7 Å². The van der Waals surface area contributed by atoms with Crippen LogP contribution in [0.5, 0.6) is 28.7 Å². The van der Waals surface area contributed by atoms with Gasteiger partial charge >= 0.3 is 0 Å². The van der Waals surface area contributed by atoms with Gasteiger partial charge in [-0.3, -0.25) is 0 Å². The van der Waals surface area contributed by atoms with Gasteiger partial charge in [-0.2, -0.15) is 36.5 Å². The molecule has 1 aliphatic rings. The van der Waals surface area contributed by atoms with Gasteiger partial charge in [0, 0.05) is 104 Å². The van der Waals surface area contributed by atoms with Crippen LogP contribution in [0.1, 0.15) is 179 Å². The van der Waals surface area contributed by atoms with Gasteiger partial charge in [-0.25, -0.2) is 0 Å². The number of allylic oxidation sites excluding steroid dienone is 5. The molecule has 119 heavy (non-hydrogen) atoms. The number of ether oxygens (including phenoxy) is 3. The van der Waals surface area contributed by atoms with Crippen molar-refractivity contribution >= 4 is 58.2 Å². The monoisotopic (exact) mass is 1610 g/mol. The highest BCUT2D eigenvalue weighted by atomic mass is 16.6. The summed E-state index contributed by atoms with van der Waals surface area (Å²) < 4.78 is 19.1. The molecule has 50 nitrogen and oxygen atoms in total. The molecule has 0 aliphatic heterocycles. The molecule has 0 fully saturated rings. The van der Waals surface area contributed by atoms with E-state index in [1.807, 2.05) is 6.07 Å². The first-order chi connectivity index (χ1) is 58.7. The first-order valence-corrected chi connectivity index (χ1v) is 36.0. The molecule has 0 saturated heterocycles. The fourth-order valence-electron chi connectivity index (χ4n) is 10.2. The predicted octanol–water partition coefficient (Wildman–Crippen LogP) is 25.1. The van der Waals surface area contributed by atoms with Crippen LogP contribution in [0.15, 0.2) is 300 Å². The van der Waals surface area contributed by atoms with E-state index in [0.29, 0.717) is 63.8 Å². The Labute approximate surface area is 677 Å². The predicted molar refractivity (Wildman–Crippen MR) is 417 cm³/mol.